The highest BCUT2D eigenvalue weighted by Gasteiger charge is 2.33. The van der Waals surface area contributed by atoms with Gasteiger partial charge in [0.2, 0.25) is 10.0 Å². The minimum Gasteiger partial charge on any atom is -0.311 e. The van der Waals surface area contributed by atoms with E-state index in [4.69, 9.17) is 0 Å². The van der Waals surface area contributed by atoms with Gasteiger partial charge in [-0.25, -0.2) is 8.42 Å². The summed E-state index contributed by atoms with van der Waals surface area (Å²) < 4.78 is 27.4. The quantitative estimate of drug-likeness (QED) is 0.783. The molecular weight excluding hydrogens is 288 g/mol. The van der Waals surface area contributed by atoms with Crippen LogP contribution in [0.2, 0.25) is 0 Å². The van der Waals surface area contributed by atoms with Gasteiger partial charge in [0.1, 0.15) is 4.90 Å². The lowest BCUT2D eigenvalue weighted by Gasteiger charge is -2.30. The van der Waals surface area contributed by atoms with Crippen LogP contribution in [0.5, 0.6) is 0 Å². The molecule has 0 radical (unpaired) electrons. The predicted molar refractivity (Wildman–Crippen MR) is 82.5 cm³/mol. The molecule has 0 saturated carbocycles. The Morgan fingerprint density at radius 2 is 2.24 bits per heavy atom. The van der Waals surface area contributed by atoms with Crippen molar-refractivity contribution in [3.05, 3.63) is 11.4 Å². The van der Waals surface area contributed by atoms with Crippen molar-refractivity contribution in [3.8, 4) is 0 Å². The van der Waals surface area contributed by atoms with Gasteiger partial charge >= 0.3 is 0 Å². The fourth-order valence-corrected chi connectivity index (χ4v) is 4.74. The zero-order chi connectivity index (χ0) is 15.5. The summed E-state index contributed by atoms with van der Waals surface area (Å²) in [6.45, 7) is 8.51. The standard InChI is InChI=1S/C14H26N4O2S/c1-4-7-15-9-13-14(12(3)16-17-13)21(19,20)18-8-5-6-11(2)10-18/h11,15H,4-10H2,1-3H3,(H,16,17). The number of aryl methyl sites for hydroxylation is 1. The van der Waals surface area contributed by atoms with Gasteiger partial charge in [-0.2, -0.15) is 9.40 Å². The van der Waals surface area contributed by atoms with Crippen LogP contribution in [-0.2, 0) is 16.6 Å². The van der Waals surface area contributed by atoms with Gasteiger partial charge in [0, 0.05) is 19.6 Å². The van der Waals surface area contributed by atoms with E-state index in [9.17, 15) is 8.42 Å². The first-order chi connectivity index (χ1) is 9.96. The van der Waals surface area contributed by atoms with Gasteiger partial charge in [0.05, 0.1) is 11.4 Å². The molecule has 0 aliphatic carbocycles. The highest BCUT2D eigenvalue weighted by molar-refractivity contribution is 7.89. The summed E-state index contributed by atoms with van der Waals surface area (Å²) in [5, 5.41) is 10.2. The van der Waals surface area contributed by atoms with Crippen molar-refractivity contribution < 1.29 is 8.42 Å². The van der Waals surface area contributed by atoms with Crippen LogP contribution in [0.1, 0.15) is 44.5 Å². The fraction of sp³-hybridized carbons (Fsp3) is 0.786. The molecule has 21 heavy (non-hydrogen) atoms. The summed E-state index contributed by atoms with van der Waals surface area (Å²) in [4.78, 5) is 0.361. The van der Waals surface area contributed by atoms with E-state index < -0.39 is 10.0 Å². The molecule has 1 aromatic rings. The second kappa shape index (κ2) is 6.89. The third-order valence-electron chi connectivity index (χ3n) is 3.90. The molecule has 120 valence electrons. The maximum Gasteiger partial charge on any atom is 0.246 e. The van der Waals surface area contributed by atoms with E-state index in [-0.39, 0.29) is 0 Å². The van der Waals surface area contributed by atoms with E-state index in [1.54, 1.807) is 11.2 Å². The smallest absolute Gasteiger partial charge is 0.246 e. The molecule has 1 aliphatic heterocycles. The van der Waals surface area contributed by atoms with Crippen LogP contribution in [0.15, 0.2) is 4.90 Å². The van der Waals surface area contributed by atoms with Crippen LogP contribution in [0.3, 0.4) is 0 Å². The number of aromatic amines is 1. The number of rotatable bonds is 6. The molecule has 2 rings (SSSR count). The Morgan fingerprint density at radius 3 is 2.90 bits per heavy atom. The molecule has 6 nitrogen and oxygen atoms in total. The lowest BCUT2D eigenvalue weighted by molar-refractivity contribution is 0.281. The van der Waals surface area contributed by atoms with Crippen LogP contribution in [0.25, 0.3) is 0 Å². The Labute approximate surface area is 127 Å². The second-order valence-electron chi connectivity index (χ2n) is 5.91. The molecule has 0 bridgehead atoms. The largest absolute Gasteiger partial charge is 0.311 e. The number of piperidine rings is 1. The number of H-pyrrole nitrogens is 1. The summed E-state index contributed by atoms with van der Waals surface area (Å²) in [7, 11) is -3.45. The number of hydrogen-bond donors (Lipinski definition) is 2. The van der Waals surface area contributed by atoms with E-state index in [2.05, 4.69) is 29.4 Å². The Kier molecular flexibility index (Phi) is 5.40. The van der Waals surface area contributed by atoms with E-state index in [0.29, 0.717) is 41.8 Å². The minimum absolute atomic E-state index is 0.361. The van der Waals surface area contributed by atoms with Crippen molar-refractivity contribution in [3.63, 3.8) is 0 Å². The van der Waals surface area contributed by atoms with Gasteiger partial charge in [-0.15, -0.1) is 0 Å². The second-order valence-corrected chi connectivity index (χ2v) is 7.79. The first kappa shape index (κ1) is 16.5. The van der Waals surface area contributed by atoms with Crippen LogP contribution in [-0.4, -0.2) is 42.6 Å². The molecule has 7 heteroatoms. The molecule has 1 atom stereocenters. The predicted octanol–water partition coefficient (Wildman–Crippen LogP) is 1.64. The SMILES string of the molecule is CCCNCc1n[nH]c(C)c1S(=O)(=O)N1CCCC(C)C1. The molecule has 0 spiro atoms. The van der Waals surface area contributed by atoms with Gasteiger partial charge in [-0.1, -0.05) is 13.8 Å². The topological polar surface area (TPSA) is 78.1 Å². The number of nitrogens with zero attached hydrogens (tertiary/aromatic N) is 2. The van der Waals surface area contributed by atoms with E-state index in [0.717, 1.165) is 25.8 Å². The van der Waals surface area contributed by atoms with Gasteiger partial charge < -0.3 is 5.32 Å². The zero-order valence-electron chi connectivity index (χ0n) is 13.1. The molecule has 0 amide bonds. The van der Waals surface area contributed by atoms with E-state index >= 15 is 0 Å². The molecule has 1 unspecified atom stereocenters. The summed E-state index contributed by atoms with van der Waals surface area (Å²) in [5.74, 6) is 0.419. The summed E-state index contributed by atoms with van der Waals surface area (Å²) in [6, 6.07) is 0. The molecule has 1 aromatic heterocycles. The molecule has 1 aliphatic rings. The average molecular weight is 314 g/mol. The average Bonchev–Trinajstić information content (AvgIpc) is 2.81. The first-order valence-corrected chi connectivity index (χ1v) is 9.15. The van der Waals surface area contributed by atoms with Crippen molar-refractivity contribution in [2.45, 2.75) is 51.5 Å². The molecule has 2 N–H and O–H groups in total. The Morgan fingerprint density at radius 1 is 1.48 bits per heavy atom. The Hall–Kier alpha value is -0.920. The van der Waals surface area contributed by atoms with Gasteiger partial charge in [-0.05, 0) is 38.6 Å². The number of aromatic nitrogens is 2. The minimum atomic E-state index is -3.45. The van der Waals surface area contributed by atoms with Gasteiger partial charge in [0.15, 0.2) is 0 Å². The fourth-order valence-electron chi connectivity index (χ4n) is 2.81. The summed E-state index contributed by atoms with van der Waals surface area (Å²) in [6.07, 6.45) is 3.04. The van der Waals surface area contributed by atoms with Crippen molar-refractivity contribution in [2.75, 3.05) is 19.6 Å². The monoisotopic (exact) mass is 314 g/mol. The Bertz CT molecular complexity index is 568. The van der Waals surface area contributed by atoms with Crippen LogP contribution in [0, 0.1) is 12.8 Å². The van der Waals surface area contributed by atoms with Crippen LogP contribution in [0.4, 0.5) is 0 Å². The Balaban J connectivity index is 2.24. The van der Waals surface area contributed by atoms with Crippen molar-refractivity contribution in [1.82, 2.24) is 19.8 Å². The third-order valence-corrected chi connectivity index (χ3v) is 5.97. The molecule has 1 fully saturated rings. The van der Waals surface area contributed by atoms with Crippen LogP contribution < -0.4 is 5.32 Å². The highest BCUT2D eigenvalue weighted by atomic mass is 32.2. The first-order valence-electron chi connectivity index (χ1n) is 7.71. The lowest BCUT2D eigenvalue weighted by atomic mass is 10.0. The number of hydrogen-bond acceptors (Lipinski definition) is 4. The molecule has 2 heterocycles. The maximum absolute atomic E-state index is 12.9. The number of sulfonamides is 1. The summed E-state index contributed by atoms with van der Waals surface area (Å²) >= 11 is 0. The summed E-state index contributed by atoms with van der Waals surface area (Å²) in [5.41, 5.74) is 1.22. The normalized spacial score (nSPS) is 20.8. The van der Waals surface area contributed by atoms with Crippen LogP contribution >= 0.6 is 0 Å². The highest BCUT2D eigenvalue weighted by Crippen LogP contribution is 2.26. The van der Waals surface area contributed by atoms with Crippen molar-refractivity contribution >= 4 is 10.0 Å². The molecule has 1 saturated heterocycles. The molecule has 0 aromatic carbocycles. The zero-order valence-corrected chi connectivity index (χ0v) is 14.0. The van der Waals surface area contributed by atoms with Crippen molar-refractivity contribution in [2.24, 2.45) is 5.92 Å². The van der Waals surface area contributed by atoms with Gasteiger partial charge in [0.25, 0.3) is 0 Å². The van der Waals surface area contributed by atoms with Gasteiger partial charge in [-0.3, -0.25) is 5.10 Å². The maximum atomic E-state index is 12.9. The van der Waals surface area contributed by atoms with E-state index in [1.165, 1.54) is 0 Å². The molecular formula is C14H26N4O2S. The number of nitrogens with one attached hydrogen (secondary N) is 2. The lowest BCUT2D eigenvalue weighted by Crippen LogP contribution is -2.39. The van der Waals surface area contributed by atoms with E-state index in [1.807, 2.05) is 0 Å². The van der Waals surface area contributed by atoms with Crippen molar-refractivity contribution in [1.29, 1.82) is 0 Å². The third kappa shape index (κ3) is 3.64.